The summed E-state index contributed by atoms with van der Waals surface area (Å²) in [6.45, 7) is 5.83. The molecule has 152 valence electrons. The Morgan fingerprint density at radius 1 is 1.14 bits per heavy atom. The van der Waals surface area contributed by atoms with Crippen molar-refractivity contribution >= 4 is 23.2 Å². The number of ether oxygens (including phenoxy) is 2. The SMILES string of the molecule is CCOCCOCc1cccc(NC(=O)c2c(-c3ccccc3Cl)noc2C)c1. The van der Waals surface area contributed by atoms with Gasteiger partial charge in [-0.3, -0.25) is 4.79 Å². The summed E-state index contributed by atoms with van der Waals surface area (Å²) in [5, 5.41) is 7.44. The van der Waals surface area contributed by atoms with Crippen molar-refractivity contribution in [1.29, 1.82) is 0 Å². The highest BCUT2D eigenvalue weighted by molar-refractivity contribution is 6.33. The highest BCUT2D eigenvalue weighted by Gasteiger charge is 2.23. The molecule has 6 nitrogen and oxygen atoms in total. The van der Waals surface area contributed by atoms with E-state index in [1.165, 1.54) is 0 Å². The number of rotatable bonds is 9. The Morgan fingerprint density at radius 2 is 1.93 bits per heavy atom. The molecule has 1 N–H and O–H groups in total. The fraction of sp³-hybridized carbons (Fsp3) is 0.273. The van der Waals surface area contributed by atoms with Crippen LogP contribution in [0.1, 0.15) is 28.6 Å². The average Bonchev–Trinajstić information content (AvgIpc) is 3.10. The molecule has 29 heavy (non-hydrogen) atoms. The maximum Gasteiger partial charge on any atom is 0.261 e. The predicted octanol–water partition coefficient (Wildman–Crippen LogP) is 5.11. The van der Waals surface area contributed by atoms with Crippen LogP contribution in [-0.2, 0) is 16.1 Å². The summed E-state index contributed by atoms with van der Waals surface area (Å²) < 4.78 is 16.1. The van der Waals surface area contributed by atoms with Crippen molar-refractivity contribution in [3.05, 3.63) is 70.4 Å². The van der Waals surface area contributed by atoms with Crippen molar-refractivity contribution in [2.75, 3.05) is 25.1 Å². The average molecular weight is 415 g/mol. The van der Waals surface area contributed by atoms with Crippen LogP contribution in [0.15, 0.2) is 53.1 Å². The van der Waals surface area contributed by atoms with E-state index >= 15 is 0 Å². The van der Waals surface area contributed by atoms with E-state index in [4.69, 9.17) is 25.6 Å². The van der Waals surface area contributed by atoms with Gasteiger partial charge in [-0.1, -0.05) is 47.1 Å². The maximum absolute atomic E-state index is 12.9. The molecule has 1 amide bonds. The van der Waals surface area contributed by atoms with Crippen molar-refractivity contribution in [2.45, 2.75) is 20.5 Å². The molecule has 2 aromatic carbocycles. The number of carbonyl (C=O) groups excluding carboxylic acids is 1. The number of benzene rings is 2. The van der Waals surface area contributed by atoms with Crippen molar-refractivity contribution in [3.8, 4) is 11.3 Å². The molecule has 0 aliphatic heterocycles. The minimum Gasteiger partial charge on any atom is -0.379 e. The summed E-state index contributed by atoms with van der Waals surface area (Å²) in [6.07, 6.45) is 0. The van der Waals surface area contributed by atoms with Crippen LogP contribution >= 0.6 is 11.6 Å². The molecule has 0 aliphatic carbocycles. The van der Waals surface area contributed by atoms with E-state index in [1.54, 1.807) is 19.1 Å². The second-order valence-corrected chi connectivity index (χ2v) is 6.75. The first-order chi connectivity index (χ1) is 14.1. The molecule has 0 saturated heterocycles. The van der Waals surface area contributed by atoms with Gasteiger partial charge in [0.2, 0.25) is 0 Å². The number of amides is 1. The lowest BCUT2D eigenvalue weighted by molar-refractivity contribution is 0.0453. The van der Waals surface area contributed by atoms with Crippen molar-refractivity contribution in [3.63, 3.8) is 0 Å². The zero-order valence-corrected chi connectivity index (χ0v) is 17.2. The number of nitrogens with zero attached hydrogens (tertiary/aromatic N) is 1. The number of anilines is 1. The smallest absolute Gasteiger partial charge is 0.261 e. The minimum atomic E-state index is -0.312. The fourth-order valence-corrected chi connectivity index (χ4v) is 3.09. The van der Waals surface area contributed by atoms with Gasteiger partial charge in [0.1, 0.15) is 17.0 Å². The van der Waals surface area contributed by atoms with E-state index in [2.05, 4.69) is 10.5 Å². The number of aromatic nitrogens is 1. The van der Waals surface area contributed by atoms with E-state index < -0.39 is 0 Å². The van der Waals surface area contributed by atoms with Crippen LogP contribution in [-0.4, -0.2) is 30.9 Å². The van der Waals surface area contributed by atoms with Gasteiger partial charge in [-0.25, -0.2) is 0 Å². The standard InChI is InChI=1S/C22H23ClN2O4/c1-3-27-11-12-28-14-16-7-6-8-17(13-16)24-22(26)20-15(2)29-25-21(20)18-9-4-5-10-19(18)23/h4-10,13H,3,11-12,14H2,1-2H3,(H,24,26). The summed E-state index contributed by atoms with van der Waals surface area (Å²) in [4.78, 5) is 12.9. The van der Waals surface area contributed by atoms with Gasteiger partial charge in [0.25, 0.3) is 5.91 Å². The van der Waals surface area contributed by atoms with Crippen molar-refractivity contribution < 1.29 is 18.8 Å². The Hall–Kier alpha value is -2.67. The molecule has 7 heteroatoms. The van der Waals surface area contributed by atoms with Gasteiger partial charge >= 0.3 is 0 Å². The second kappa shape index (κ2) is 10.2. The van der Waals surface area contributed by atoms with E-state index in [-0.39, 0.29) is 5.91 Å². The van der Waals surface area contributed by atoms with Gasteiger partial charge < -0.3 is 19.3 Å². The summed E-state index contributed by atoms with van der Waals surface area (Å²) >= 11 is 6.27. The van der Waals surface area contributed by atoms with Crippen LogP contribution < -0.4 is 5.32 Å². The number of aryl methyl sites for hydroxylation is 1. The molecule has 0 fully saturated rings. The van der Waals surface area contributed by atoms with Crippen LogP contribution in [0.25, 0.3) is 11.3 Å². The lowest BCUT2D eigenvalue weighted by Gasteiger charge is -2.09. The zero-order valence-electron chi connectivity index (χ0n) is 16.4. The zero-order chi connectivity index (χ0) is 20.6. The Bertz CT molecular complexity index is 971. The number of hydrogen-bond donors (Lipinski definition) is 1. The third-order valence-corrected chi connectivity index (χ3v) is 4.58. The molecule has 3 aromatic rings. The molecule has 0 aliphatic rings. The quantitative estimate of drug-likeness (QED) is 0.492. The molecule has 0 unspecified atom stereocenters. The van der Waals surface area contributed by atoms with E-state index in [1.807, 2.05) is 43.3 Å². The van der Waals surface area contributed by atoms with Crippen LogP contribution in [0.4, 0.5) is 5.69 Å². The fourth-order valence-electron chi connectivity index (χ4n) is 2.86. The summed E-state index contributed by atoms with van der Waals surface area (Å²) in [5.74, 6) is 0.112. The Morgan fingerprint density at radius 3 is 2.72 bits per heavy atom. The van der Waals surface area contributed by atoms with Gasteiger partial charge in [0.05, 0.1) is 24.8 Å². The lowest BCUT2D eigenvalue weighted by atomic mass is 10.1. The molecule has 1 heterocycles. The minimum absolute atomic E-state index is 0.312. The number of hydrogen-bond acceptors (Lipinski definition) is 5. The summed E-state index contributed by atoms with van der Waals surface area (Å²) in [7, 11) is 0. The van der Waals surface area contributed by atoms with E-state index in [9.17, 15) is 4.79 Å². The van der Waals surface area contributed by atoms with Gasteiger partial charge in [-0.2, -0.15) is 0 Å². The van der Waals surface area contributed by atoms with E-state index in [0.29, 0.717) is 59.7 Å². The Labute approximate surface area is 174 Å². The first-order valence-electron chi connectivity index (χ1n) is 9.37. The maximum atomic E-state index is 12.9. The van der Waals surface area contributed by atoms with Crippen LogP contribution in [0, 0.1) is 6.92 Å². The first-order valence-corrected chi connectivity index (χ1v) is 9.75. The monoisotopic (exact) mass is 414 g/mol. The molecule has 3 rings (SSSR count). The van der Waals surface area contributed by atoms with Gasteiger partial charge in [0.15, 0.2) is 0 Å². The Kier molecular flexibility index (Phi) is 7.41. The number of halogens is 1. The molecule has 0 radical (unpaired) electrons. The van der Waals surface area contributed by atoms with Crippen molar-refractivity contribution in [1.82, 2.24) is 5.16 Å². The molecular weight excluding hydrogens is 392 g/mol. The molecule has 0 saturated carbocycles. The Balaban J connectivity index is 1.72. The molecule has 0 atom stereocenters. The van der Waals surface area contributed by atoms with Gasteiger partial charge in [-0.05, 0) is 37.6 Å². The highest BCUT2D eigenvalue weighted by atomic mass is 35.5. The molecule has 0 spiro atoms. The summed E-state index contributed by atoms with van der Waals surface area (Å²) in [6, 6.07) is 14.7. The summed E-state index contributed by atoms with van der Waals surface area (Å²) in [5.41, 5.74) is 3.03. The molecule has 1 aromatic heterocycles. The molecule has 0 bridgehead atoms. The highest BCUT2D eigenvalue weighted by Crippen LogP contribution is 2.31. The van der Waals surface area contributed by atoms with E-state index in [0.717, 1.165) is 5.56 Å². The number of carbonyl (C=O) groups is 1. The van der Waals surface area contributed by atoms with Crippen LogP contribution in [0.3, 0.4) is 0 Å². The predicted molar refractivity (Wildman–Crippen MR) is 112 cm³/mol. The second-order valence-electron chi connectivity index (χ2n) is 6.35. The largest absolute Gasteiger partial charge is 0.379 e. The first kappa shape index (κ1) is 21.0. The third kappa shape index (κ3) is 5.44. The number of nitrogens with one attached hydrogen (secondary N) is 1. The lowest BCUT2D eigenvalue weighted by Crippen LogP contribution is -2.14. The molecular formula is C22H23ClN2O4. The van der Waals surface area contributed by atoms with Crippen LogP contribution in [0.5, 0.6) is 0 Å². The van der Waals surface area contributed by atoms with Crippen LogP contribution in [0.2, 0.25) is 5.02 Å². The normalized spacial score (nSPS) is 10.9. The van der Waals surface area contributed by atoms with Gasteiger partial charge in [-0.15, -0.1) is 0 Å². The third-order valence-electron chi connectivity index (χ3n) is 4.25. The van der Waals surface area contributed by atoms with Gasteiger partial charge in [0, 0.05) is 17.9 Å². The van der Waals surface area contributed by atoms with Crippen molar-refractivity contribution in [2.24, 2.45) is 0 Å². The topological polar surface area (TPSA) is 73.6 Å².